The van der Waals surface area contributed by atoms with Gasteiger partial charge < -0.3 is 29.0 Å². The number of rotatable bonds is 12. The summed E-state index contributed by atoms with van der Waals surface area (Å²) in [6.45, 7) is 6.22. The first-order valence-corrected chi connectivity index (χ1v) is 7.87. The van der Waals surface area contributed by atoms with E-state index in [1.165, 1.54) is 0 Å². The van der Waals surface area contributed by atoms with E-state index < -0.39 is 0 Å². The fraction of sp³-hybridized carbons (Fsp3) is 0.647. The second-order valence-electron chi connectivity index (χ2n) is 4.87. The molecule has 1 N–H and O–H groups in total. The van der Waals surface area contributed by atoms with Gasteiger partial charge in [0.05, 0.1) is 26.9 Å². The fourth-order valence-corrected chi connectivity index (χ4v) is 2.29. The van der Waals surface area contributed by atoms with Crippen molar-refractivity contribution in [2.45, 2.75) is 26.2 Å². The summed E-state index contributed by atoms with van der Waals surface area (Å²) in [5.41, 5.74) is 1.05. The van der Waals surface area contributed by atoms with Gasteiger partial charge in [0.15, 0.2) is 17.8 Å². The van der Waals surface area contributed by atoms with Gasteiger partial charge in [-0.3, -0.25) is 0 Å². The molecule has 23 heavy (non-hydrogen) atoms. The van der Waals surface area contributed by atoms with Crippen molar-refractivity contribution < 1.29 is 23.7 Å². The Morgan fingerprint density at radius 1 is 0.957 bits per heavy atom. The summed E-state index contributed by atoms with van der Waals surface area (Å²) >= 11 is 0. The summed E-state index contributed by atoms with van der Waals surface area (Å²) < 4.78 is 27.1. The highest BCUT2D eigenvalue weighted by Gasteiger charge is 2.17. The Labute approximate surface area is 139 Å². The molecule has 1 aromatic rings. The number of hydrogen-bond donors (Lipinski definition) is 1. The third kappa shape index (κ3) is 6.35. The molecule has 0 unspecified atom stereocenters. The topological polar surface area (TPSA) is 58.2 Å². The lowest BCUT2D eigenvalue weighted by Crippen LogP contribution is -2.35. The van der Waals surface area contributed by atoms with Gasteiger partial charge in [0, 0.05) is 26.9 Å². The average molecular weight is 327 g/mol. The minimum Gasteiger partial charge on any atom is -0.493 e. The molecular weight excluding hydrogens is 298 g/mol. The summed E-state index contributed by atoms with van der Waals surface area (Å²) in [4.78, 5) is 0. The third-order valence-electron chi connectivity index (χ3n) is 3.38. The van der Waals surface area contributed by atoms with Crippen molar-refractivity contribution >= 4 is 0 Å². The first-order chi connectivity index (χ1) is 11.2. The Morgan fingerprint density at radius 3 is 2.13 bits per heavy atom. The van der Waals surface area contributed by atoms with Gasteiger partial charge in [-0.25, -0.2) is 0 Å². The molecule has 0 amide bonds. The second kappa shape index (κ2) is 11.2. The van der Waals surface area contributed by atoms with Crippen LogP contribution in [0.5, 0.6) is 11.5 Å². The molecule has 0 spiro atoms. The Balaban J connectivity index is 2.80. The molecule has 6 heteroatoms. The van der Waals surface area contributed by atoms with Crippen LogP contribution in [0, 0.1) is 0 Å². The van der Waals surface area contributed by atoms with Gasteiger partial charge in [-0.2, -0.15) is 0 Å². The predicted molar refractivity (Wildman–Crippen MR) is 89.2 cm³/mol. The Bertz CT molecular complexity index is 435. The van der Waals surface area contributed by atoms with Crippen molar-refractivity contribution in [1.82, 2.24) is 5.32 Å². The molecule has 1 rings (SSSR count). The maximum absolute atomic E-state index is 5.56. The van der Waals surface area contributed by atoms with Crippen molar-refractivity contribution in [2.75, 3.05) is 47.7 Å². The molecule has 6 nitrogen and oxygen atoms in total. The lowest BCUT2D eigenvalue weighted by atomic mass is 10.1. The molecule has 1 aromatic carbocycles. The molecular formula is C17H29NO5. The van der Waals surface area contributed by atoms with Gasteiger partial charge in [-0.1, -0.05) is 6.07 Å². The molecule has 0 heterocycles. The van der Waals surface area contributed by atoms with Crippen molar-refractivity contribution in [3.05, 3.63) is 23.8 Å². The highest BCUT2D eigenvalue weighted by molar-refractivity contribution is 5.43. The van der Waals surface area contributed by atoms with E-state index >= 15 is 0 Å². The van der Waals surface area contributed by atoms with Crippen LogP contribution in [0.2, 0.25) is 0 Å². The van der Waals surface area contributed by atoms with Crippen LogP contribution in [0.1, 0.15) is 25.5 Å². The zero-order valence-electron chi connectivity index (χ0n) is 14.8. The van der Waals surface area contributed by atoms with Crippen LogP contribution in [0.15, 0.2) is 18.2 Å². The van der Waals surface area contributed by atoms with E-state index in [4.69, 9.17) is 23.7 Å². The quantitative estimate of drug-likeness (QED) is 0.595. The van der Waals surface area contributed by atoms with Gasteiger partial charge in [0.1, 0.15) is 0 Å². The molecule has 0 bridgehead atoms. The average Bonchev–Trinajstić information content (AvgIpc) is 2.58. The van der Waals surface area contributed by atoms with Gasteiger partial charge in [0.2, 0.25) is 0 Å². The maximum Gasteiger partial charge on any atom is 0.169 e. The van der Waals surface area contributed by atoms with Crippen LogP contribution < -0.4 is 14.8 Å². The minimum atomic E-state index is -0.274. The first kappa shape index (κ1) is 19.7. The highest BCUT2D eigenvalue weighted by atomic mass is 16.7. The lowest BCUT2D eigenvalue weighted by Gasteiger charge is -2.23. The summed E-state index contributed by atoms with van der Waals surface area (Å²) in [5, 5.41) is 3.42. The standard InChI is InChI=1S/C17H29NO5/c1-6-22-17(23-7-2)11-18-14(12-19-3)13-8-9-15(20-4)16(10-13)21-5/h8-10,14,17-18H,6-7,11-12H2,1-5H3/t14-/m1/s1. The van der Waals surface area contributed by atoms with Crippen LogP contribution in [-0.4, -0.2) is 54.0 Å². The molecule has 0 aliphatic carbocycles. The molecule has 0 radical (unpaired) electrons. The molecule has 132 valence electrons. The number of hydrogen-bond acceptors (Lipinski definition) is 6. The van der Waals surface area contributed by atoms with Crippen molar-refractivity contribution in [3.8, 4) is 11.5 Å². The molecule has 1 atom stereocenters. The first-order valence-electron chi connectivity index (χ1n) is 7.87. The summed E-state index contributed by atoms with van der Waals surface area (Å²) in [7, 11) is 4.93. The summed E-state index contributed by atoms with van der Waals surface area (Å²) in [6, 6.07) is 5.84. The monoisotopic (exact) mass is 327 g/mol. The predicted octanol–water partition coefficient (Wildman–Crippen LogP) is 2.38. The summed E-state index contributed by atoms with van der Waals surface area (Å²) in [5.74, 6) is 1.40. The van der Waals surface area contributed by atoms with Crippen molar-refractivity contribution in [1.29, 1.82) is 0 Å². The second-order valence-corrected chi connectivity index (χ2v) is 4.87. The van der Waals surface area contributed by atoms with E-state index in [9.17, 15) is 0 Å². The van der Waals surface area contributed by atoms with E-state index in [1.54, 1.807) is 21.3 Å². The number of methoxy groups -OCH3 is 3. The molecule has 0 saturated carbocycles. The molecule has 0 aliphatic rings. The normalized spacial score (nSPS) is 12.4. The van der Waals surface area contributed by atoms with Crippen LogP contribution in [0.25, 0.3) is 0 Å². The molecule has 0 aliphatic heterocycles. The fourth-order valence-electron chi connectivity index (χ4n) is 2.29. The zero-order chi connectivity index (χ0) is 17.1. The van der Waals surface area contributed by atoms with Gasteiger partial charge >= 0.3 is 0 Å². The molecule has 0 fully saturated rings. The Kier molecular flexibility index (Phi) is 9.63. The Morgan fingerprint density at radius 2 is 1.61 bits per heavy atom. The minimum absolute atomic E-state index is 0.00298. The summed E-state index contributed by atoms with van der Waals surface area (Å²) in [6.07, 6.45) is -0.274. The van der Waals surface area contributed by atoms with E-state index in [1.807, 2.05) is 32.0 Å². The van der Waals surface area contributed by atoms with Crippen molar-refractivity contribution in [2.24, 2.45) is 0 Å². The largest absolute Gasteiger partial charge is 0.493 e. The van der Waals surface area contributed by atoms with Gasteiger partial charge in [0.25, 0.3) is 0 Å². The maximum atomic E-state index is 5.56. The number of benzene rings is 1. The smallest absolute Gasteiger partial charge is 0.169 e. The van der Waals surface area contributed by atoms with Crippen LogP contribution in [-0.2, 0) is 14.2 Å². The molecule has 0 aromatic heterocycles. The number of nitrogens with one attached hydrogen (secondary N) is 1. The van der Waals surface area contributed by atoms with Crippen LogP contribution in [0.4, 0.5) is 0 Å². The van der Waals surface area contributed by atoms with E-state index in [0.717, 1.165) is 5.56 Å². The van der Waals surface area contributed by atoms with E-state index in [2.05, 4.69) is 5.32 Å². The zero-order valence-corrected chi connectivity index (χ0v) is 14.8. The lowest BCUT2D eigenvalue weighted by molar-refractivity contribution is -0.134. The SMILES string of the molecule is CCOC(CN[C@H](COC)c1ccc(OC)c(OC)c1)OCC. The number of ether oxygens (including phenoxy) is 5. The van der Waals surface area contributed by atoms with Gasteiger partial charge in [-0.15, -0.1) is 0 Å². The van der Waals surface area contributed by atoms with Gasteiger partial charge in [-0.05, 0) is 31.5 Å². The third-order valence-corrected chi connectivity index (χ3v) is 3.38. The van der Waals surface area contributed by atoms with E-state index in [0.29, 0.717) is 37.9 Å². The molecule has 0 saturated heterocycles. The van der Waals surface area contributed by atoms with Crippen molar-refractivity contribution in [3.63, 3.8) is 0 Å². The van der Waals surface area contributed by atoms with E-state index in [-0.39, 0.29) is 12.3 Å². The van der Waals surface area contributed by atoms with Crippen LogP contribution in [0.3, 0.4) is 0 Å². The van der Waals surface area contributed by atoms with Crippen LogP contribution >= 0.6 is 0 Å². The Hall–Kier alpha value is -1.34. The highest BCUT2D eigenvalue weighted by Crippen LogP contribution is 2.30.